The van der Waals surface area contributed by atoms with Crippen molar-refractivity contribution < 1.29 is 4.79 Å². The zero-order valence-electron chi connectivity index (χ0n) is 70.8. The van der Waals surface area contributed by atoms with Gasteiger partial charge in [-0.15, -0.1) is 0 Å². The van der Waals surface area contributed by atoms with Crippen LogP contribution in [-0.4, -0.2) is 5.78 Å². The number of nitrogens with zero attached hydrogens (tertiary/aromatic N) is 1. The van der Waals surface area contributed by atoms with Crippen molar-refractivity contribution in [3.05, 3.63) is 603 Å². The highest BCUT2D eigenvalue weighted by atomic mass is 79.9. The molecule has 2 aliphatic rings. The highest BCUT2D eigenvalue weighted by Gasteiger charge is 2.49. The molecule has 3 nitrogen and oxygen atoms in total. The van der Waals surface area contributed by atoms with Crippen LogP contribution in [0.15, 0.2) is 547 Å². The van der Waals surface area contributed by atoms with E-state index in [-0.39, 0.29) is 11.2 Å². The van der Waals surface area contributed by atoms with E-state index in [1.165, 1.54) is 122 Å². The van der Waals surface area contributed by atoms with Crippen LogP contribution in [0.3, 0.4) is 0 Å². The fourth-order valence-corrected chi connectivity index (χ4v) is 19.6. The van der Waals surface area contributed by atoms with Gasteiger partial charge in [0.25, 0.3) is 0 Å². The van der Waals surface area contributed by atoms with Crippen molar-refractivity contribution in [1.82, 2.24) is 0 Å². The van der Waals surface area contributed by atoms with Crippen LogP contribution in [0.25, 0.3) is 77.9 Å². The summed E-state index contributed by atoms with van der Waals surface area (Å²) in [5.74, 6) is 0.0752. The minimum Gasteiger partial charge on any atom is -0.356 e. The lowest BCUT2D eigenvalue weighted by atomic mass is 9.68. The van der Waals surface area contributed by atoms with E-state index in [9.17, 15) is 4.79 Å². The molecule has 20 aromatic rings. The van der Waals surface area contributed by atoms with Gasteiger partial charge in [0.15, 0.2) is 5.78 Å². The first-order chi connectivity index (χ1) is 63.7. The molecule has 0 saturated carbocycles. The number of carbonyl (C=O) groups is 1. The van der Waals surface area contributed by atoms with Gasteiger partial charge in [-0.05, 0) is 184 Å². The van der Waals surface area contributed by atoms with E-state index in [4.69, 9.17) is 0 Å². The molecule has 2 aliphatic carbocycles. The first-order valence-electron chi connectivity index (χ1n) is 43.4. The Morgan fingerprint density at radius 1 is 0.202 bits per heavy atom. The summed E-state index contributed by atoms with van der Waals surface area (Å²) in [6, 6.07) is 187. The van der Waals surface area contributed by atoms with Crippen molar-refractivity contribution in [3.8, 4) is 77.9 Å². The van der Waals surface area contributed by atoms with E-state index in [2.05, 4.69) is 495 Å². The van der Waals surface area contributed by atoms with Gasteiger partial charge in [0.05, 0.1) is 16.5 Å². The third-order valence-corrected chi connectivity index (χ3v) is 26.0. The van der Waals surface area contributed by atoms with Crippen LogP contribution in [0.2, 0.25) is 0 Å². The highest BCUT2D eigenvalue weighted by Crippen LogP contribution is 2.61. The van der Waals surface area contributed by atoms with Crippen LogP contribution in [-0.2, 0) is 10.8 Å². The second-order valence-electron chi connectivity index (χ2n) is 31.6. The summed E-state index contributed by atoms with van der Waals surface area (Å²) in [5, 5.41) is 3.46. The number of anilines is 5. The van der Waals surface area contributed by atoms with Gasteiger partial charge in [0.2, 0.25) is 0 Å². The van der Waals surface area contributed by atoms with Crippen molar-refractivity contribution in [3.63, 3.8) is 0 Å². The lowest BCUT2D eigenvalue weighted by molar-refractivity contribution is 0.103. The number of hydrogen-bond acceptors (Lipinski definition) is 3. The smallest absolute Gasteiger partial charge is 0.193 e. The molecule has 129 heavy (non-hydrogen) atoms. The van der Waals surface area contributed by atoms with Crippen LogP contribution in [0.5, 0.6) is 0 Å². The van der Waals surface area contributed by atoms with E-state index in [0.717, 1.165) is 53.0 Å². The van der Waals surface area contributed by atoms with Crippen LogP contribution >= 0.6 is 47.8 Å². The zero-order chi connectivity index (χ0) is 87.6. The molecule has 22 rings (SSSR count). The molecule has 0 spiro atoms. The fourth-order valence-electron chi connectivity index (χ4n) is 18.0. The predicted molar refractivity (Wildman–Crippen MR) is 551 cm³/mol. The molecule has 0 amide bonds. The van der Waals surface area contributed by atoms with Gasteiger partial charge < -0.3 is 10.2 Å². The summed E-state index contributed by atoms with van der Waals surface area (Å²) in [6.07, 6.45) is 0. The van der Waals surface area contributed by atoms with E-state index >= 15 is 0 Å². The molecule has 0 atom stereocenters. The van der Waals surface area contributed by atoms with E-state index in [1.807, 2.05) is 97.1 Å². The van der Waals surface area contributed by atoms with Gasteiger partial charge >= 0.3 is 0 Å². The maximum absolute atomic E-state index is 11.8. The van der Waals surface area contributed by atoms with E-state index in [1.54, 1.807) is 0 Å². The monoisotopic (exact) mass is 1850 g/mol. The molecular weight excluding hydrogens is 1760 g/mol. The van der Waals surface area contributed by atoms with Crippen molar-refractivity contribution in [2.24, 2.45) is 0 Å². The normalized spacial score (nSPS) is 11.8. The Hall–Kier alpha value is -14.9. The average Bonchev–Trinajstić information content (AvgIpc) is 1.54. The summed E-state index contributed by atoms with van der Waals surface area (Å²) >= 11 is 10.9. The van der Waals surface area contributed by atoms with Crippen LogP contribution < -0.4 is 10.2 Å². The van der Waals surface area contributed by atoms with Gasteiger partial charge in [-0.2, -0.15) is 0 Å². The molecule has 0 fully saturated rings. The summed E-state index contributed by atoms with van der Waals surface area (Å²) in [6.45, 7) is 0. The lowest BCUT2D eigenvalue weighted by Crippen LogP contribution is -2.28. The van der Waals surface area contributed by atoms with Crippen molar-refractivity contribution in [1.29, 1.82) is 0 Å². The van der Waals surface area contributed by atoms with Gasteiger partial charge in [0.1, 0.15) is 0 Å². The average molecular weight is 1850 g/mol. The van der Waals surface area contributed by atoms with E-state index < -0.39 is 5.41 Å². The molecule has 1 N–H and O–H groups in total. The number of nitrogens with one attached hydrogen (secondary N) is 1. The molecule has 0 bridgehead atoms. The molecule has 6 heteroatoms. The summed E-state index contributed by atoms with van der Waals surface area (Å²) < 4.78 is 3.38. The first-order valence-corrected chi connectivity index (χ1v) is 45.8. The number of ketones is 1. The maximum Gasteiger partial charge on any atom is 0.193 e. The number of rotatable bonds is 16. The van der Waals surface area contributed by atoms with Gasteiger partial charge in [-0.3, -0.25) is 4.79 Å². The molecule has 0 aliphatic heterocycles. The molecule has 618 valence electrons. The number of carbonyl (C=O) groups excluding carboxylic acids is 1. The van der Waals surface area contributed by atoms with Gasteiger partial charge in [-0.25, -0.2) is 0 Å². The fraction of sp³-hybridized carbons (Fsp3) is 0.0163. The van der Waals surface area contributed by atoms with Crippen molar-refractivity contribution in [2.75, 3.05) is 10.2 Å². The standard InChI is InChI=1S/C49H35N.C25H17Br.C24H19N.C13H10O.C12H8Br2/c1-5-16-36(17-6-1)38-28-32-42(33-29-38)50(43-34-30-39(31-35-43)37-18-7-2-8-19-37)47-27-15-26-46-48(47)44-24-13-14-25-45(44)49(46,40-20-9-3-10-21-40)41-22-11-4-12-23-41;26-23-17-9-16-22-24(23)20-14-7-8-15-21(20)25(22,18-10-3-1-4-11-18)19-12-5-2-6-13-19;1-3-7-19(8-4-1)21-11-15-23(16-12-21)25-24-17-13-22(14-18-24)20-9-5-2-6-10-20;14-13(11-7-3-1-4-8-11)12-9-5-2-6-10-12;13-11-7-3-1-5-9(11)10-6-2-4-8-12(10)14/h1-35H;1-17H;1-18,25H;1-10H;1-8H. The summed E-state index contributed by atoms with van der Waals surface area (Å²) in [7, 11) is 0. The molecule has 0 aromatic heterocycles. The molecule has 0 unspecified atom stereocenters. The summed E-state index contributed by atoms with van der Waals surface area (Å²) in [4.78, 5) is 14.3. The third-order valence-electron chi connectivity index (χ3n) is 24.0. The quantitative estimate of drug-likeness (QED) is 0.0979. The predicted octanol–water partition coefficient (Wildman–Crippen LogP) is 34.2. The molecule has 20 aromatic carbocycles. The topological polar surface area (TPSA) is 32.3 Å². The molecule has 0 heterocycles. The Balaban J connectivity index is 0.000000120. The maximum atomic E-state index is 11.8. The number of hydrogen-bond donors (Lipinski definition) is 1. The van der Waals surface area contributed by atoms with Crippen LogP contribution in [0.4, 0.5) is 28.4 Å². The minimum absolute atomic E-state index is 0.0752. The molecule has 0 radical (unpaired) electrons. The first kappa shape index (κ1) is 84.9. The molecule has 0 saturated heterocycles. The highest BCUT2D eigenvalue weighted by molar-refractivity contribution is 9.11. The Bertz CT molecular complexity index is 6770. The Morgan fingerprint density at radius 3 is 0.775 bits per heavy atom. The lowest BCUT2D eigenvalue weighted by Gasteiger charge is -2.34. The van der Waals surface area contributed by atoms with Gasteiger partial charge in [0, 0.05) is 58.4 Å². The number of benzene rings is 20. The van der Waals surface area contributed by atoms with Gasteiger partial charge in [-0.1, -0.05) is 509 Å². The molecular formula is C123H89Br3N2O. The Labute approximate surface area is 782 Å². The largest absolute Gasteiger partial charge is 0.356 e. The van der Waals surface area contributed by atoms with Crippen molar-refractivity contribution >= 4 is 82.0 Å². The zero-order valence-corrected chi connectivity index (χ0v) is 75.6. The number of fused-ring (bicyclic) bond motifs is 6. The summed E-state index contributed by atoms with van der Waals surface area (Å²) in [5.41, 5.74) is 34.0. The third kappa shape index (κ3) is 18.2. The second-order valence-corrected chi connectivity index (χ2v) is 34.2. The SMILES string of the molecule is Brc1cccc2c1-c1ccccc1C2(c1ccccc1)c1ccccc1.Brc1ccccc1-c1ccccc1Br.O=C(c1ccccc1)c1ccccc1.c1ccc(-c2ccc(N(c3ccc(-c4ccccc4)cc3)c3cccc4c3-c3ccccc3C4(c3ccccc3)c3ccccc3)cc2)cc1.c1ccc(-c2ccc(Nc3ccc(-c4ccccc4)cc3)cc2)cc1. The van der Waals surface area contributed by atoms with Crippen molar-refractivity contribution in [2.45, 2.75) is 10.8 Å². The van der Waals surface area contributed by atoms with E-state index in [0.29, 0.717) is 0 Å². The Kier molecular flexibility index (Phi) is 26.5. The minimum atomic E-state index is -0.468. The van der Waals surface area contributed by atoms with Crippen LogP contribution in [0.1, 0.15) is 60.4 Å². The van der Waals surface area contributed by atoms with Crippen LogP contribution in [0, 0.1) is 0 Å². The number of halogens is 3. The second kappa shape index (κ2) is 40.2. The Morgan fingerprint density at radius 2 is 0.442 bits per heavy atom.